The molecule has 6 heteroatoms. The molecule has 0 aromatic carbocycles. The number of rotatable bonds is 5. The summed E-state index contributed by atoms with van der Waals surface area (Å²) in [5, 5.41) is 2.50. The van der Waals surface area contributed by atoms with Crippen LogP contribution in [0.25, 0.3) is 0 Å². The Morgan fingerprint density at radius 2 is 2.10 bits per heavy atom. The van der Waals surface area contributed by atoms with Gasteiger partial charge < -0.3 is 19.1 Å². The van der Waals surface area contributed by atoms with E-state index in [1.807, 2.05) is 19.1 Å². The Bertz CT molecular complexity index is 586. The zero-order chi connectivity index (χ0) is 14.5. The SMILES string of the molecule is Cc1ccc(CN(C)C(=O)CNC(=O)c2ccco2)o1. The smallest absolute Gasteiger partial charge is 0.287 e. The first-order valence-corrected chi connectivity index (χ1v) is 6.17. The first-order chi connectivity index (χ1) is 9.56. The Labute approximate surface area is 116 Å². The van der Waals surface area contributed by atoms with E-state index in [0.29, 0.717) is 12.3 Å². The van der Waals surface area contributed by atoms with Crippen LogP contribution in [0.3, 0.4) is 0 Å². The van der Waals surface area contributed by atoms with Crippen LogP contribution in [0.5, 0.6) is 0 Å². The van der Waals surface area contributed by atoms with Crippen molar-refractivity contribution in [3.63, 3.8) is 0 Å². The molecule has 0 saturated heterocycles. The fourth-order valence-electron chi connectivity index (χ4n) is 1.68. The monoisotopic (exact) mass is 276 g/mol. The molecule has 2 aromatic rings. The summed E-state index contributed by atoms with van der Waals surface area (Å²) in [6.07, 6.45) is 1.40. The van der Waals surface area contributed by atoms with E-state index in [4.69, 9.17) is 8.83 Å². The maximum atomic E-state index is 11.9. The zero-order valence-electron chi connectivity index (χ0n) is 11.4. The first kappa shape index (κ1) is 13.9. The van der Waals surface area contributed by atoms with Crippen molar-refractivity contribution in [3.8, 4) is 0 Å². The lowest BCUT2D eigenvalue weighted by atomic mass is 10.4. The van der Waals surface area contributed by atoms with Crippen molar-refractivity contribution in [2.45, 2.75) is 13.5 Å². The summed E-state index contributed by atoms with van der Waals surface area (Å²) in [4.78, 5) is 25.0. The molecule has 0 atom stereocenters. The van der Waals surface area contributed by atoms with E-state index in [9.17, 15) is 9.59 Å². The van der Waals surface area contributed by atoms with Gasteiger partial charge in [-0.05, 0) is 31.2 Å². The van der Waals surface area contributed by atoms with Crippen molar-refractivity contribution in [1.82, 2.24) is 10.2 Å². The largest absolute Gasteiger partial charge is 0.464 e. The molecule has 0 spiro atoms. The van der Waals surface area contributed by atoms with E-state index in [0.717, 1.165) is 5.76 Å². The van der Waals surface area contributed by atoms with E-state index in [-0.39, 0.29) is 18.2 Å². The Morgan fingerprint density at radius 3 is 2.70 bits per heavy atom. The molecule has 0 fully saturated rings. The third-order valence-corrected chi connectivity index (χ3v) is 2.76. The van der Waals surface area contributed by atoms with E-state index in [1.165, 1.54) is 17.2 Å². The quantitative estimate of drug-likeness (QED) is 0.899. The molecule has 0 radical (unpaired) electrons. The molecule has 0 bridgehead atoms. The third kappa shape index (κ3) is 3.50. The van der Waals surface area contributed by atoms with Gasteiger partial charge in [-0.25, -0.2) is 0 Å². The first-order valence-electron chi connectivity index (χ1n) is 6.17. The van der Waals surface area contributed by atoms with Crippen LogP contribution < -0.4 is 5.32 Å². The molecule has 2 rings (SSSR count). The topological polar surface area (TPSA) is 75.7 Å². The molecule has 0 saturated carbocycles. The van der Waals surface area contributed by atoms with Crippen molar-refractivity contribution in [2.75, 3.05) is 13.6 Å². The second-order valence-corrected chi connectivity index (χ2v) is 4.42. The lowest BCUT2D eigenvalue weighted by Gasteiger charge is -2.15. The predicted molar refractivity (Wildman–Crippen MR) is 71.0 cm³/mol. The second-order valence-electron chi connectivity index (χ2n) is 4.42. The molecule has 0 aliphatic rings. The molecule has 0 unspecified atom stereocenters. The highest BCUT2D eigenvalue weighted by Crippen LogP contribution is 2.08. The molecule has 106 valence electrons. The van der Waals surface area contributed by atoms with Crippen molar-refractivity contribution in [1.29, 1.82) is 0 Å². The number of hydrogen-bond donors (Lipinski definition) is 1. The van der Waals surface area contributed by atoms with Gasteiger partial charge in [0, 0.05) is 7.05 Å². The Hall–Kier alpha value is -2.50. The number of carbonyl (C=O) groups excluding carboxylic acids is 2. The predicted octanol–water partition coefficient (Wildman–Crippen LogP) is 1.57. The molecule has 1 N–H and O–H groups in total. The normalized spacial score (nSPS) is 10.3. The maximum Gasteiger partial charge on any atom is 0.287 e. The van der Waals surface area contributed by atoms with Crippen LogP contribution in [-0.2, 0) is 11.3 Å². The highest BCUT2D eigenvalue weighted by atomic mass is 16.3. The molecule has 20 heavy (non-hydrogen) atoms. The van der Waals surface area contributed by atoms with Crippen LogP contribution >= 0.6 is 0 Å². The number of carbonyl (C=O) groups is 2. The highest BCUT2D eigenvalue weighted by Gasteiger charge is 2.14. The molecule has 2 amide bonds. The zero-order valence-corrected chi connectivity index (χ0v) is 11.4. The number of nitrogens with one attached hydrogen (secondary N) is 1. The summed E-state index contributed by atoms with van der Waals surface area (Å²) < 4.78 is 10.3. The average molecular weight is 276 g/mol. The van der Waals surface area contributed by atoms with Gasteiger partial charge in [-0.15, -0.1) is 0 Å². The van der Waals surface area contributed by atoms with Gasteiger partial charge in [0.15, 0.2) is 5.76 Å². The lowest BCUT2D eigenvalue weighted by Crippen LogP contribution is -2.37. The van der Waals surface area contributed by atoms with Crippen LogP contribution in [0.2, 0.25) is 0 Å². The van der Waals surface area contributed by atoms with Gasteiger partial charge in [-0.2, -0.15) is 0 Å². The van der Waals surface area contributed by atoms with Crippen LogP contribution in [0.4, 0.5) is 0 Å². The number of furan rings is 2. The minimum absolute atomic E-state index is 0.0876. The van der Waals surface area contributed by atoms with Gasteiger partial charge in [-0.1, -0.05) is 0 Å². The van der Waals surface area contributed by atoms with E-state index in [2.05, 4.69) is 5.32 Å². The second kappa shape index (κ2) is 6.10. The number of aryl methyl sites for hydroxylation is 1. The van der Waals surface area contributed by atoms with Gasteiger partial charge >= 0.3 is 0 Å². The molecule has 6 nitrogen and oxygen atoms in total. The third-order valence-electron chi connectivity index (χ3n) is 2.76. The molecular formula is C14H16N2O4. The molecule has 2 heterocycles. The van der Waals surface area contributed by atoms with Gasteiger partial charge in [0.1, 0.15) is 11.5 Å². The summed E-state index contributed by atoms with van der Waals surface area (Å²) in [5.74, 6) is 1.06. The van der Waals surface area contributed by atoms with Gasteiger partial charge in [0.25, 0.3) is 5.91 Å². The Morgan fingerprint density at radius 1 is 1.30 bits per heavy atom. The van der Waals surface area contributed by atoms with Gasteiger partial charge in [-0.3, -0.25) is 9.59 Å². The summed E-state index contributed by atoms with van der Waals surface area (Å²) >= 11 is 0. The molecular weight excluding hydrogens is 260 g/mol. The van der Waals surface area contributed by atoms with E-state index >= 15 is 0 Å². The van der Waals surface area contributed by atoms with Crippen molar-refractivity contribution >= 4 is 11.8 Å². The van der Waals surface area contributed by atoms with Crippen LogP contribution in [-0.4, -0.2) is 30.3 Å². The molecule has 2 aromatic heterocycles. The van der Waals surface area contributed by atoms with Crippen molar-refractivity contribution in [2.24, 2.45) is 0 Å². The maximum absolute atomic E-state index is 11.9. The van der Waals surface area contributed by atoms with E-state index in [1.54, 1.807) is 13.1 Å². The Kier molecular flexibility index (Phi) is 4.24. The summed E-state index contributed by atoms with van der Waals surface area (Å²) in [5.41, 5.74) is 0. The standard InChI is InChI=1S/C14H16N2O4/c1-10-5-6-11(20-10)9-16(2)13(17)8-15-14(18)12-4-3-7-19-12/h3-7H,8-9H2,1-2H3,(H,15,18). The summed E-state index contributed by atoms with van der Waals surface area (Å²) in [6, 6.07) is 6.81. The van der Waals surface area contributed by atoms with Crippen LogP contribution in [0.1, 0.15) is 22.1 Å². The van der Waals surface area contributed by atoms with Crippen LogP contribution in [0.15, 0.2) is 39.4 Å². The summed E-state index contributed by atoms with van der Waals surface area (Å²) in [7, 11) is 1.65. The molecule has 0 aliphatic carbocycles. The fourth-order valence-corrected chi connectivity index (χ4v) is 1.68. The van der Waals surface area contributed by atoms with Crippen molar-refractivity contribution < 1.29 is 18.4 Å². The Balaban J connectivity index is 1.81. The number of hydrogen-bond acceptors (Lipinski definition) is 4. The van der Waals surface area contributed by atoms with Crippen molar-refractivity contribution in [3.05, 3.63) is 47.8 Å². The lowest BCUT2D eigenvalue weighted by molar-refractivity contribution is -0.129. The van der Waals surface area contributed by atoms with E-state index < -0.39 is 5.91 Å². The minimum atomic E-state index is -0.411. The average Bonchev–Trinajstić information content (AvgIpc) is 3.07. The highest BCUT2D eigenvalue weighted by molar-refractivity contribution is 5.94. The number of nitrogens with zero attached hydrogens (tertiary/aromatic N) is 1. The number of likely N-dealkylation sites (N-methyl/N-ethyl adjacent to an activating group) is 1. The summed E-state index contributed by atoms with van der Waals surface area (Å²) in [6.45, 7) is 2.12. The van der Waals surface area contributed by atoms with Crippen LogP contribution in [0, 0.1) is 6.92 Å². The fraction of sp³-hybridized carbons (Fsp3) is 0.286. The number of amides is 2. The molecule has 0 aliphatic heterocycles. The minimum Gasteiger partial charge on any atom is -0.464 e. The van der Waals surface area contributed by atoms with Gasteiger partial charge in [0.2, 0.25) is 5.91 Å². The van der Waals surface area contributed by atoms with Gasteiger partial charge in [0.05, 0.1) is 19.4 Å².